The van der Waals surface area contributed by atoms with Gasteiger partial charge >= 0.3 is 0 Å². The van der Waals surface area contributed by atoms with E-state index in [4.69, 9.17) is 5.41 Å². The monoisotopic (exact) mass is 349 g/mol. The maximum Gasteiger partial charge on any atom is 0.139 e. The number of aliphatic hydroxyl groups excluding tert-OH is 1. The summed E-state index contributed by atoms with van der Waals surface area (Å²) >= 11 is 1.41. The number of hydrogen-bond acceptors (Lipinski definition) is 5. The van der Waals surface area contributed by atoms with Crippen LogP contribution < -0.4 is 4.90 Å². The number of phenols is 1. The number of thiazole rings is 1. The fourth-order valence-electron chi connectivity index (χ4n) is 2.79. The lowest BCUT2D eigenvalue weighted by atomic mass is 10.2. The van der Waals surface area contributed by atoms with Crippen molar-refractivity contribution >= 4 is 28.4 Å². The molecule has 0 fully saturated rings. The van der Waals surface area contributed by atoms with Crippen LogP contribution in [0.5, 0.6) is 5.75 Å². The van der Waals surface area contributed by atoms with Gasteiger partial charge in [-0.15, -0.1) is 11.3 Å². The highest BCUT2D eigenvalue weighted by molar-refractivity contribution is 7.11. The minimum Gasteiger partial charge on any atom is -0.510 e. The molecule has 25 heavy (non-hydrogen) atoms. The zero-order valence-corrected chi connectivity index (χ0v) is 14.0. The van der Waals surface area contributed by atoms with Crippen molar-refractivity contribution in [3.63, 3.8) is 0 Å². The largest absolute Gasteiger partial charge is 0.510 e. The molecule has 0 unspecified atom stereocenters. The number of rotatable bonds is 3. The number of benzene rings is 2. The van der Waals surface area contributed by atoms with Crippen LogP contribution in [-0.2, 0) is 0 Å². The van der Waals surface area contributed by atoms with E-state index in [1.807, 2.05) is 35.7 Å². The van der Waals surface area contributed by atoms with Gasteiger partial charge in [0.05, 0.1) is 17.8 Å². The average Bonchev–Trinajstić information content (AvgIpc) is 3.21. The molecule has 3 aromatic rings. The van der Waals surface area contributed by atoms with Gasteiger partial charge in [0.2, 0.25) is 0 Å². The molecule has 0 aliphatic carbocycles. The van der Waals surface area contributed by atoms with Crippen molar-refractivity contribution in [2.75, 3.05) is 11.4 Å². The molecule has 1 aliphatic rings. The minimum absolute atomic E-state index is 0.132. The number of aromatic nitrogens is 1. The molecular formula is C19H15N3O2S. The maximum atomic E-state index is 10.4. The van der Waals surface area contributed by atoms with Gasteiger partial charge in [0.1, 0.15) is 22.4 Å². The van der Waals surface area contributed by atoms with Crippen LogP contribution in [0.15, 0.2) is 65.7 Å². The molecule has 0 radical (unpaired) electrons. The van der Waals surface area contributed by atoms with E-state index >= 15 is 0 Å². The van der Waals surface area contributed by atoms with Gasteiger partial charge in [0.25, 0.3) is 0 Å². The summed E-state index contributed by atoms with van der Waals surface area (Å²) in [6.45, 7) is 0.221. The van der Waals surface area contributed by atoms with Gasteiger partial charge in [-0.2, -0.15) is 0 Å². The van der Waals surface area contributed by atoms with Gasteiger partial charge in [-0.3, -0.25) is 5.41 Å². The lowest BCUT2D eigenvalue weighted by Crippen LogP contribution is -2.25. The van der Waals surface area contributed by atoms with Crippen LogP contribution in [-0.4, -0.2) is 27.6 Å². The van der Waals surface area contributed by atoms with Crippen LogP contribution >= 0.6 is 11.3 Å². The van der Waals surface area contributed by atoms with Gasteiger partial charge in [-0.25, -0.2) is 4.98 Å². The Morgan fingerprint density at radius 2 is 1.72 bits per heavy atom. The Morgan fingerprint density at radius 3 is 2.44 bits per heavy atom. The lowest BCUT2D eigenvalue weighted by molar-refractivity contribution is 0.411. The van der Waals surface area contributed by atoms with Gasteiger partial charge in [0, 0.05) is 16.6 Å². The first-order valence-corrected chi connectivity index (χ1v) is 8.60. The molecular weight excluding hydrogens is 334 g/mol. The summed E-state index contributed by atoms with van der Waals surface area (Å²) in [6.07, 6.45) is 0. The normalized spacial score (nSPS) is 14.4. The topological polar surface area (TPSA) is 80.4 Å². The van der Waals surface area contributed by atoms with E-state index in [9.17, 15) is 10.2 Å². The molecule has 5 nitrogen and oxygen atoms in total. The number of aromatic hydroxyl groups is 1. The van der Waals surface area contributed by atoms with Crippen LogP contribution in [0.4, 0.5) is 5.69 Å². The second-order valence-corrected chi connectivity index (χ2v) is 6.53. The predicted molar refractivity (Wildman–Crippen MR) is 100 cm³/mol. The summed E-state index contributed by atoms with van der Waals surface area (Å²) < 4.78 is 0. The van der Waals surface area contributed by atoms with Crippen molar-refractivity contribution in [3.05, 3.63) is 70.7 Å². The molecule has 0 atom stereocenters. The van der Waals surface area contributed by atoms with Crippen LogP contribution in [0.1, 0.15) is 5.01 Å². The number of hydrogen-bond donors (Lipinski definition) is 3. The van der Waals surface area contributed by atoms with Gasteiger partial charge in [-0.1, -0.05) is 30.3 Å². The standard InChI is InChI=1S/C19H15N3O2S/c20-18-17(16(24)10-22(18)13-6-8-14(23)9-7-13)19-21-15(11-25-19)12-4-2-1-3-5-12/h1-9,11,20,23-24H,10H2. The van der Waals surface area contributed by atoms with Crippen LogP contribution in [0, 0.1) is 5.41 Å². The van der Waals surface area contributed by atoms with Crippen molar-refractivity contribution in [3.8, 4) is 17.0 Å². The molecule has 2 heterocycles. The fraction of sp³-hybridized carbons (Fsp3) is 0.0526. The predicted octanol–water partition coefficient (Wildman–Crippen LogP) is 4.28. The number of nitrogens with zero attached hydrogens (tertiary/aromatic N) is 2. The van der Waals surface area contributed by atoms with Crippen molar-refractivity contribution in [1.82, 2.24) is 4.98 Å². The molecule has 1 aromatic heterocycles. The molecule has 0 saturated heterocycles. The SMILES string of the molecule is N=C1C(c2nc(-c3ccccc3)cs2)=C(O)CN1c1ccc(O)cc1. The molecule has 6 heteroatoms. The third-order valence-corrected chi connectivity index (χ3v) is 4.91. The number of nitrogens with one attached hydrogen (secondary N) is 1. The molecule has 4 rings (SSSR count). The van der Waals surface area contributed by atoms with Crippen LogP contribution in [0.2, 0.25) is 0 Å². The highest BCUT2D eigenvalue weighted by Gasteiger charge is 2.31. The third kappa shape index (κ3) is 2.77. The van der Waals surface area contributed by atoms with E-state index in [2.05, 4.69) is 4.98 Å². The Morgan fingerprint density at radius 1 is 1.00 bits per heavy atom. The summed E-state index contributed by atoms with van der Waals surface area (Å²) in [5.41, 5.74) is 3.03. The molecule has 0 bridgehead atoms. The van der Waals surface area contributed by atoms with Gasteiger partial charge in [0.15, 0.2) is 0 Å². The van der Waals surface area contributed by atoms with E-state index < -0.39 is 0 Å². The quantitative estimate of drug-likeness (QED) is 0.659. The molecule has 2 aromatic carbocycles. The minimum atomic E-state index is 0.132. The highest BCUT2D eigenvalue weighted by atomic mass is 32.1. The molecule has 3 N–H and O–H groups in total. The van der Waals surface area contributed by atoms with Crippen LogP contribution in [0.25, 0.3) is 16.8 Å². The zero-order valence-electron chi connectivity index (χ0n) is 13.2. The Balaban J connectivity index is 1.65. The summed E-state index contributed by atoms with van der Waals surface area (Å²) in [7, 11) is 0. The summed E-state index contributed by atoms with van der Waals surface area (Å²) in [5, 5.41) is 30.8. The van der Waals surface area contributed by atoms with Crippen LogP contribution in [0.3, 0.4) is 0 Å². The third-order valence-electron chi connectivity index (χ3n) is 4.05. The summed E-state index contributed by atoms with van der Waals surface area (Å²) in [5.74, 6) is 0.503. The Bertz CT molecular complexity index is 962. The molecule has 124 valence electrons. The number of phenolic OH excluding ortho intramolecular Hbond substituents is 1. The van der Waals surface area contributed by atoms with Gasteiger partial charge in [-0.05, 0) is 24.3 Å². The maximum absolute atomic E-state index is 10.4. The average molecular weight is 349 g/mol. The van der Waals surface area contributed by atoms with E-state index in [-0.39, 0.29) is 23.9 Å². The van der Waals surface area contributed by atoms with E-state index in [0.29, 0.717) is 10.6 Å². The zero-order chi connectivity index (χ0) is 17.4. The van der Waals surface area contributed by atoms with E-state index in [0.717, 1.165) is 16.9 Å². The lowest BCUT2D eigenvalue weighted by Gasteiger charge is -2.18. The molecule has 0 saturated carbocycles. The number of anilines is 1. The smallest absolute Gasteiger partial charge is 0.139 e. The Hall–Kier alpha value is -3.12. The molecule has 0 spiro atoms. The fourth-order valence-corrected chi connectivity index (χ4v) is 3.68. The van der Waals surface area contributed by atoms with E-state index in [1.54, 1.807) is 29.2 Å². The molecule has 0 amide bonds. The number of amidine groups is 1. The second-order valence-electron chi connectivity index (χ2n) is 5.68. The second kappa shape index (κ2) is 6.07. The summed E-state index contributed by atoms with van der Waals surface area (Å²) in [4.78, 5) is 6.29. The van der Waals surface area contributed by atoms with Crippen molar-refractivity contribution in [2.45, 2.75) is 0 Å². The van der Waals surface area contributed by atoms with Crippen molar-refractivity contribution in [2.24, 2.45) is 0 Å². The van der Waals surface area contributed by atoms with Crippen molar-refractivity contribution < 1.29 is 10.2 Å². The van der Waals surface area contributed by atoms with E-state index in [1.165, 1.54) is 11.3 Å². The first kappa shape index (κ1) is 15.4. The summed E-state index contributed by atoms with van der Waals surface area (Å²) in [6, 6.07) is 16.4. The number of aliphatic hydroxyl groups is 1. The molecule has 1 aliphatic heterocycles. The Kier molecular flexibility index (Phi) is 3.74. The van der Waals surface area contributed by atoms with Gasteiger partial charge < -0.3 is 15.1 Å². The van der Waals surface area contributed by atoms with Crippen molar-refractivity contribution in [1.29, 1.82) is 5.41 Å². The highest BCUT2D eigenvalue weighted by Crippen LogP contribution is 2.34. The first-order chi connectivity index (χ1) is 12.1. The first-order valence-electron chi connectivity index (χ1n) is 7.72. The Labute approximate surface area is 148 Å².